The summed E-state index contributed by atoms with van der Waals surface area (Å²) >= 11 is 0. The molecule has 0 aromatic carbocycles. The minimum Gasteiger partial charge on any atom is -0.479 e. The number of aliphatic hydroxyl groups is 2. The number of esters is 3. The van der Waals surface area contributed by atoms with Crippen LogP contribution in [0.25, 0.3) is 0 Å². The number of unbranched alkanes of at least 4 members (excludes halogenated alkanes) is 27. The van der Waals surface area contributed by atoms with E-state index in [-0.39, 0.29) is 25.9 Å². The predicted molar refractivity (Wildman–Crippen MR) is 248 cm³/mol. The number of aliphatic hydroxyl groups excluding tert-OH is 2. The number of ether oxygens (including phenoxy) is 5. The largest absolute Gasteiger partial charge is 0.479 e. The van der Waals surface area contributed by atoms with Gasteiger partial charge in [-0.05, 0) is 44.9 Å². The van der Waals surface area contributed by atoms with E-state index in [0.29, 0.717) is 19.3 Å². The first kappa shape index (κ1) is 58.5. The van der Waals surface area contributed by atoms with Gasteiger partial charge in [0.1, 0.15) is 18.8 Å². The molecule has 368 valence electrons. The molecule has 1 fully saturated rings. The Labute approximate surface area is 382 Å². The Morgan fingerprint density at radius 2 is 0.905 bits per heavy atom. The lowest BCUT2D eigenvalue weighted by Crippen LogP contribution is -2.61. The third-order valence-corrected chi connectivity index (χ3v) is 11.8. The van der Waals surface area contributed by atoms with Crippen LogP contribution in [0, 0.1) is 0 Å². The maximum Gasteiger partial charge on any atom is 0.335 e. The van der Waals surface area contributed by atoms with Crippen LogP contribution >= 0.6 is 0 Å². The molecule has 12 heteroatoms. The van der Waals surface area contributed by atoms with Crippen molar-refractivity contribution in [1.82, 2.24) is 0 Å². The van der Waals surface area contributed by atoms with Crippen LogP contribution in [0.15, 0.2) is 12.2 Å². The first-order chi connectivity index (χ1) is 30.6. The monoisotopic (exact) mass is 897 g/mol. The van der Waals surface area contributed by atoms with Gasteiger partial charge < -0.3 is 39.0 Å². The lowest BCUT2D eigenvalue weighted by Gasteiger charge is -2.40. The van der Waals surface area contributed by atoms with Gasteiger partial charge in [-0.3, -0.25) is 14.4 Å². The summed E-state index contributed by atoms with van der Waals surface area (Å²) in [6.45, 7) is 5.91. The van der Waals surface area contributed by atoms with Crippen LogP contribution in [-0.4, -0.2) is 89.2 Å². The standard InChI is InChI=1S/C51H92O12/c1-4-7-10-13-16-19-21-22-24-26-28-31-34-37-43(52)59-40-42(61-44(53)38-35-32-29-25-18-15-12-9-6-3)41-60-51-49(47(56)46(55)48(63-51)50(57)58)62-45(54)39-36-33-30-27-23-20-17-14-11-8-5-2/h19,21,42,46-49,51,55-56H,4-18,20,22-41H2,1-3H3,(H,57,58)/b21-19-. The van der Waals surface area contributed by atoms with E-state index >= 15 is 0 Å². The molecule has 0 saturated carbocycles. The molecular formula is C51H92O12. The molecule has 1 aliphatic heterocycles. The van der Waals surface area contributed by atoms with E-state index in [1.54, 1.807) is 0 Å². The Morgan fingerprint density at radius 3 is 1.37 bits per heavy atom. The van der Waals surface area contributed by atoms with Gasteiger partial charge in [-0.2, -0.15) is 0 Å². The summed E-state index contributed by atoms with van der Waals surface area (Å²) in [5.41, 5.74) is 0. The topological polar surface area (TPSA) is 175 Å². The Bertz CT molecular complexity index is 1160. The molecule has 0 bridgehead atoms. The summed E-state index contributed by atoms with van der Waals surface area (Å²) in [5.74, 6) is -3.11. The highest BCUT2D eigenvalue weighted by atomic mass is 16.7. The molecule has 0 aromatic rings. The minimum atomic E-state index is -1.89. The lowest BCUT2D eigenvalue weighted by molar-refractivity contribution is -0.301. The summed E-state index contributed by atoms with van der Waals surface area (Å²) in [6.07, 6.45) is 29.3. The number of rotatable bonds is 43. The number of aliphatic carboxylic acids is 1. The molecule has 1 rings (SSSR count). The lowest BCUT2D eigenvalue weighted by atomic mass is 9.98. The Hall–Kier alpha value is -2.54. The van der Waals surface area contributed by atoms with E-state index in [4.69, 9.17) is 23.7 Å². The van der Waals surface area contributed by atoms with Crippen molar-refractivity contribution >= 4 is 23.9 Å². The van der Waals surface area contributed by atoms with Crippen LogP contribution in [0.5, 0.6) is 0 Å². The second-order valence-electron chi connectivity index (χ2n) is 17.8. The summed E-state index contributed by atoms with van der Waals surface area (Å²) < 4.78 is 28.2. The van der Waals surface area contributed by atoms with Gasteiger partial charge in [-0.25, -0.2) is 4.79 Å². The number of carboxylic acids is 1. The molecule has 0 spiro atoms. The second-order valence-corrected chi connectivity index (χ2v) is 17.8. The van der Waals surface area contributed by atoms with Crippen molar-refractivity contribution in [2.45, 2.75) is 276 Å². The molecule has 1 heterocycles. The smallest absolute Gasteiger partial charge is 0.335 e. The molecule has 6 atom stereocenters. The first-order valence-electron chi connectivity index (χ1n) is 25.7. The van der Waals surface area contributed by atoms with Crippen molar-refractivity contribution in [2.75, 3.05) is 13.2 Å². The quantitative estimate of drug-likeness (QED) is 0.0229. The van der Waals surface area contributed by atoms with Gasteiger partial charge in [0.15, 0.2) is 24.6 Å². The van der Waals surface area contributed by atoms with Gasteiger partial charge in [-0.15, -0.1) is 0 Å². The number of hydrogen-bond acceptors (Lipinski definition) is 11. The summed E-state index contributed by atoms with van der Waals surface area (Å²) in [4.78, 5) is 50.6. The minimum absolute atomic E-state index is 0.0665. The molecular weight excluding hydrogens is 805 g/mol. The maximum absolute atomic E-state index is 13.0. The molecule has 0 amide bonds. The highest BCUT2D eigenvalue weighted by Gasteiger charge is 2.50. The van der Waals surface area contributed by atoms with Crippen LogP contribution in [-0.2, 0) is 42.9 Å². The fourth-order valence-electron chi connectivity index (χ4n) is 7.83. The third kappa shape index (κ3) is 31.9. The van der Waals surface area contributed by atoms with Crippen molar-refractivity contribution in [3.8, 4) is 0 Å². The number of carboxylic acid groups (broad SMARTS) is 1. The van der Waals surface area contributed by atoms with Crippen molar-refractivity contribution < 1.29 is 58.2 Å². The fourth-order valence-corrected chi connectivity index (χ4v) is 7.83. The summed E-state index contributed by atoms with van der Waals surface area (Å²) in [5, 5.41) is 31.2. The van der Waals surface area contributed by atoms with Crippen molar-refractivity contribution in [3.05, 3.63) is 12.2 Å². The normalized spacial score (nSPS) is 19.3. The highest BCUT2D eigenvalue weighted by Crippen LogP contribution is 2.26. The van der Waals surface area contributed by atoms with Gasteiger partial charge >= 0.3 is 23.9 Å². The Morgan fingerprint density at radius 1 is 0.508 bits per heavy atom. The van der Waals surface area contributed by atoms with Gasteiger partial charge in [0.25, 0.3) is 0 Å². The van der Waals surface area contributed by atoms with E-state index < -0.39 is 67.3 Å². The van der Waals surface area contributed by atoms with Crippen LogP contribution < -0.4 is 0 Å². The zero-order valence-electron chi connectivity index (χ0n) is 40.1. The summed E-state index contributed by atoms with van der Waals surface area (Å²) in [7, 11) is 0. The first-order valence-corrected chi connectivity index (χ1v) is 25.7. The molecule has 0 radical (unpaired) electrons. The molecule has 12 nitrogen and oxygen atoms in total. The van der Waals surface area contributed by atoms with Crippen molar-refractivity contribution in [3.63, 3.8) is 0 Å². The van der Waals surface area contributed by atoms with Gasteiger partial charge in [0.05, 0.1) is 6.61 Å². The van der Waals surface area contributed by atoms with Crippen molar-refractivity contribution in [1.29, 1.82) is 0 Å². The van der Waals surface area contributed by atoms with E-state index in [1.807, 2.05) is 0 Å². The number of allylic oxidation sites excluding steroid dienone is 2. The van der Waals surface area contributed by atoms with E-state index in [1.165, 1.54) is 96.3 Å². The number of carbonyl (C=O) groups excluding carboxylic acids is 3. The zero-order chi connectivity index (χ0) is 46.2. The van der Waals surface area contributed by atoms with Crippen LogP contribution in [0.2, 0.25) is 0 Å². The average molecular weight is 897 g/mol. The third-order valence-electron chi connectivity index (χ3n) is 11.8. The van der Waals surface area contributed by atoms with Crippen molar-refractivity contribution in [2.24, 2.45) is 0 Å². The molecule has 0 aromatic heterocycles. The molecule has 3 N–H and O–H groups in total. The fraction of sp³-hybridized carbons (Fsp3) is 0.882. The van der Waals surface area contributed by atoms with E-state index in [9.17, 15) is 34.5 Å². The van der Waals surface area contributed by atoms with Crippen LogP contribution in [0.4, 0.5) is 0 Å². The van der Waals surface area contributed by atoms with E-state index in [0.717, 1.165) is 83.5 Å². The van der Waals surface area contributed by atoms with Gasteiger partial charge in [0, 0.05) is 19.3 Å². The predicted octanol–water partition coefficient (Wildman–Crippen LogP) is 11.8. The zero-order valence-corrected chi connectivity index (χ0v) is 40.1. The Kier molecular flexibility index (Phi) is 38.0. The van der Waals surface area contributed by atoms with Crippen LogP contribution in [0.1, 0.15) is 239 Å². The average Bonchev–Trinajstić information content (AvgIpc) is 3.26. The van der Waals surface area contributed by atoms with Crippen LogP contribution in [0.3, 0.4) is 0 Å². The van der Waals surface area contributed by atoms with Gasteiger partial charge in [-0.1, -0.05) is 187 Å². The molecule has 6 unspecified atom stereocenters. The number of hydrogen-bond donors (Lipinski definition) is 3. The number of carbonyl (C=O) groups is 4. The van der Waals surface area contributed by atoms with Gasteiger partial charge in [0.2, 0.25) is 0 Å². The second kappa shape index (κ2) is 40.9. The molecule has 0 aliphatic carbocycles. The molecule has 1 aliphatic rings. The SMILES string of the molecule is CCCCCC/C=C\CCCCCCCC(=O)OCC(COC1OC(C(=O)O)C(O)C(O)C1OC(=O)CCCCCCCCCCCCC)OC(=O)CCCCCCCCCCC. The maximum atomic E-state index is 13.0. The Balaban J connectivity index is 2.73. The molecule has 1 saturated heterocycles. The summed E-state index contributed by atoms with van der Waals surface area (Å²) in [6, 6.07) is 0. The molecule has 63 heavy (non-hydrogen) atoms. The highest BCUT2D eigenvalue weighted by molar-refractivity contribution is 5.74. The van der Waals surface area contributed by atoms with E-state index in [2.05, 4.69) is 32.9 Å².